The molecular weight excluding hydrogens is 322 g/mol. The van der Waals surface area contributed by atoms with E-state index in [4.69, 9.17) is 10.5 Å². The minimum Gasteiger partial charge on any atom is -0.466 e. The minimum absolute atomic E-state index is 0. The SMILES string of the molecule is CCOC(=O)[C@](C)(CCN)Cc1ccc(-c2ccccc2)cc1.Cl. The number of carbonyl (C=O) groups is 1. The second-order valence-electron chi connectivity index (χ2n) is 6.06. The molecule has 0 aliphatic carbocycles. The van der Waals surface area contributed by atoms with Crippen LogP contribution in [-0.2, 0) is 16.0 Å². The van der Waals surface area contributed by atoms with E-state index in [-0.39, 0.29) is 18.4 Å². The second-order valence-corrected chi connectivity index (χ2v) is 6.06. The second kappa shape index (κ2) is 9.45. The van der Waals surface area contributed by atoms with Gasteiger partial charge in [0.15, 0.2) is 0 Å². The van der Waals surface area contributed by atoms with Crippen molar-refractivity contribution in [3.63, 3.8) is 0 Å². The Morgan fingerprint density at radius 2 is 1.62 bits per heavy atom. The predicted molar refractivity (Wildman–Crippen MR) is 101 cm³/mol. The Kier molecular flexibility index (Phi) is 7.96. The van der Waals surface area contributed by atoms with Crippen LogP contribution >= 0.6 is 12.4 Å². The third kappa shape index (κ3) is 5.08. The maximum Gasteiger partial charge on any atom is 0.312 e. The van der Waals surface area contributed by atoms with Crippen LogP contribution < -0.4 is 5.73 Å². The Labute approximate surface area is 150 Å². The summed E-state index contributed by atoms with van der Waals surface area (Å²) in [6.45, 7) is 4.63. The molecule has 130 valence electrons. The molecular formula is C20H26ClNO2. The van der Waals surface area contributed by atoms with Crippen molar-refractivity contribution in [2.24, 2.45) is 11.1 Å². The van der Waals surface area contributed by atoms with Gasteiger partial charge in [-0.25, -0.2) is 0 Å². The van der Waals surface area contributed by atoms with Gasteiger partial charge in [-0.2, -0.15) is 0 Å². The van der Waals surface area contributed by atoms with Crippen LogP contribution in [0.2, 0.25) is 0 Å². The number of hydrogen-bond acceptors (Lipinski definition) is 3. The van der Waals surface area contributed by atoms with Crippen molar-refractivity contribution in [3.05, 3.63) is 60.2 Å². The molecule has 0 unspecified atom stereocenters. The number of carbonyl (C=O) groups excluding carboxylic acids is 1. The molecule has 0 saturated heterocycles. The van der Waals surface area contributed by atoms with Crippen LogP contribution in [0.25, 0.3) is 11.1 Å². The molecule has 0 radical (unpaired) electrons. The highest BCUT2D eigenvalue weighted by molar-refractivity contribution is 5.85. The summed E-state index contributed by atoms with van der Waals surface area (Å²) >= 11 is 0. The highest BCUT2D eigenvalue weighted by Crippen LogP contribution is 2.29. The number of ether oxygens (including phenoxy) is 1. The summed E-state index contributed by atoms with van der Waals surface area (Å²) in [5.41, 5.74) is 8.60. The summed E-state index contributed by atoms with van der Waals surface area (Å²) in [4.78, 5) is 12.3. The highest BCUT2D eigenvalue weighted by Gasteiger charge is 2.34. The lowest BCUT2D eigenvalue weighted by Gasteiger charge is -2.27. The van der Waals surface area contributed by atoms with Crippen LogP contribution in [0.3, 0.4) is 0 Å². The largest absolute Gasteiger partial charge is 0.466 e. The third-order valence-electron chi connectivity index (χ3n) is 4.12. The van der Waals surface area contributed by atoms with Gasteiger partial charge in [0.2, 0.25) is 0 Å². The number of rotatable bonds is 7. The van der Waals surface area contributed by atoms with Crippen LogP contribution in [0.15, 0.2) is 54.6 Å². The number of nitrogens with two attached hydrogens (primary N) is 1. The van der Waals surface area contributed by atoms with E-state index in [1.807, 2.05) is 32.0 Å². The van der Waals surface area contributed by atoms with E-state index in [0.717, 1.165) is 5.56 Å². The fourth-order valence-corrected chi connectivity index (χ4v) is 2.78. The van der Waals surface area contributed by atoms with Crippen molar-refractivity contribution in [1.82, 2.24) is 0 Å². The predicted octanol–water partition coefficient (Wildman–Crippen LogP) is 4.24. The molecule has 3 nitrogen and oxygen atoms in total. The Bertz CT molecular complexity index is 628. The normalized spacial score (nSPS) is 12.8. The van der Waals surface area contributed by atoms with E-state index in [1.165, 1.54) is 11.1 Å². The van der Waals surface area contributed by atoms with Crippen LogP contribution in [0.4, 0.5) is 0 Å². The van der Waals surface area contributed by atoms with Gasteiger partial charge in [0.05, 0.1) is 12.0 Å². The van der Waals surface area contributed by atoms with E-state index in [2.05, 4.69) is 36.4 Å². The molecule has 2 aromatic rings. The van der Waals surface area contributed by atoms with Gasteiger partial charge >= 0.3 is 5.97 Å². The smallest absolute Gasteiger partial charge is 0.312 e. The molecule has 0 aliphatic rings. The Hall–Kier alpha value is -1.84. The van der Waals surface area contributed by atoms with Gasteiger partial charge in [0.1, 0.15) is 0 Å². The highest BCUT2D eigenvalue weighted by atomic mass is 35.5. The van der Waals surface area contributed by atoms with Crippen molar-refractivity contribution in [2.75, 3.05) is 13.2 Å². The van der Waals surface area contributed by atoms with Gasteiger partial charge in [-0.15, -0.1) is 12.4 Å². The van der Waals surface area contributed by atoms with Gasteiger partial charge in [0.25, 0.3) is 0 Å². The average Bonchev–Trinajstić information content (AvgIpc) is 2.57. The van der Waals surface area contributed by atoms with E-state index < -0.39 is 5.41 Å². The van der Waals surface area contributed by atoms with Crippen molar-refractivity contribution >= 4 is 18.4 Å². The average molecular weight is 348 g/mol. The quantitative estimate of drug-likeness (QED) is 0.762. The van der Waals surface area contributed by atoms with Crippen molar-refractivity contribution in [2.45, 2.75) is 26.7 Å². The van der Waals surface area contributed by atoms with Crippen LogP contribution in [0, 0.1) is 5.41 Å². The fourth-order valence-electron chi connectivity index (χ4n) is 2.78. The van der Waals surface area contributed by atoms with Gasteiger partial charge < -0.3 is 10.5 Å². The Balaban J connectivity index is 0.00000288. The maximum absolute atomic E-state index is 12.3. The molecule has 0 aliphatic heterocycles. The molecule has 0 aromatic heterocycles. The molecule has 0 amide bonds. The number of hydrogen-bond donors (Lipinski definition) is 1. The van der Waals surface area contributed by atoms with E-state index in [0.29, 0.717) is 26.0 Å². The first-order valence-corrected chi connectivity index (χ1v) is 8.10. The van der Waals surface area contributed by atoms with Gasteiger partial charge in [-0.05, 0) is 49.9 Å². The molecule has 2 rings (SSSR count). The molecule has 0 saturated carbocycles. The zero-order valence-electron chi connectivity index (χ0n) is 14.3. The van der Waals surface area contributed by atoms with Crippen molar-refractivity contribution in [1.29, 1.82) is 0 Å². The molecule has 24 heavy (non-hydrogen) atoms. The monoisotopic (exact) mass is 347 g/mol. The third-order valence-corrected chi connectivity index (χ3v) is 4.12. The molecule has 4 heteroatoms. The summed E-state index contributed by atoms with van der Waals surface area (Å²) < 4.78 is 5.23. The lowest BCUT2D eigenvalue weighted by Crippen LogP contribution is -2.34. The van der Waals surface area contributed by atoms with E-state index in [9.17, 15) is 4.79 Å². The van der Waals surface area contributed by atoms with Gasteiger partial charge in [0, 0.05) is 0 Å². The molecule has 2 aromatic carbocycles. The first kappa shape index (κ1) is 20.2. The number of halogens is 1. The van der Waals surface area contributed by atoms with Crippen molar-refractivity contribution < 1.29 is 9.53 Å². The molecule has 1 atom stereocenters. The number of benzene rings is 2. The summed E-state index contributed by atoms with van der Waals surface area (Å²) in [5.74, 6) is -0.169. The van der Waals surface area contributed by atoms with Crippen LogP contribution in [0.5, 0.6) is 0 Å². The summed E-state index contributed by atoms with van der Waals surface area (Å²) in [5, 5.41) is 0. The minimum atomic E-state index is -0.570. The van der Waals surface area contributed by atoms with E-state index in [1.54, 1.807) is 0 Å². The summed E-state index contributed by atoms with van der Waals surface area (Å²) in [7, 11) is 0. The van der Waals surface area contributed by atoms with Crippen molar-refractivity contribution in [3.8, 4) is 11.1 Å². The zero-order valence-corrected chi connectivity index (χ0v) is 15.1. The molecule has 2 N–H and O–H groups in total. The van der Waals surface area contributed by atoms with Crippen LogP contribution in [0.1, 0.15) is 25.8 Å². The first-order chi connectivity index (χ1) is 11.1. The summed E-state index contributed by atoms with van der Waals surface area (Å²) in [6.07, 6.45) is 1.25. The maximum atomic E-state index is 12.3. The van der Waals surface area contributed by atoms with Gasteiger partial charge in [-0.1, -0.05) is 54.6 Å². The summed E-state index contributed by atoms with van der Waals surface area (Å²) in [6, 6.07) is 18.6. The zero-order chi connectivity index (χ0) is 16.7. The lowest BCUT2D eigenvalue weighted by molar-refractivity contribution is -0.154. The Morgan fingerprint density at radius 3 is 2.17 bits per heavy atom. The molecule has 0 bridgehead atoms. The van der Waals surface area contributed by atoms with Gasteiger partial charge in [-0.3, -0.25) is 4.79 Å². The molecule has 0 spiro atoms. The molecule has 0 fully saturated rings. The fraction of sp³-hybridized carbons (Fsp3) is 0.350. The van der Waals surface area contributed by atoms with E-state index >= 15 is 0 Å². The first-order valence-electron chi connectivity index (χ1n) is 8.10. The standard InChI is InChI=1S/C20H25NO2.ClH/c1-3-23-19(22)20(2,13-14-21)15-16-9-11-18(12-10-16)17-7-5-4-6-8-17;/h4-12H,3,13-15,21H2,1-2H3;1H/t20-;/m1./s1. The molecule has 0 heterocycles. The Morgan fingerprint density at radius 1 is 1.04 bits per heavy atom. The lowest BCUT2D eigenvalue weighted by atomic mass is 9.80. The topological polar surface area (TPSA) is 52.3 Å². The van der Waals surface area contributed by atoms with Crippen LogP contribution in [-0.4, -0.2) is 19.1 Å². The number of esters is 1.